The molecular weight excluding hydrogens is 561 g/mol. The van der Waals surface area contributed by atoms with Crippen molar-refractivity contribution in [2.45, 2.75) is 66.9 Å². The minimum Gasteiger partial charge on any atom is -0.478 e. The van der Waals surface area contributed by atoms with Crippen molar-refractivity contribution in [3.63, 3.8) is 0 Å². The lowest BCUT2D eigenvalue weighted by molar-refractivity contribution is -0.468. The quantitative estimate of drug-likeness (QED) is 0.227. The summed E-state index contributed by atoms with van der Waals surface area (Å²) in [5.74, 6) is -69.4. The van der Waals surface area contributed by atoms with Crippen LogP contribution in [0.1, 0.15) is 13.3 Å². The van der Waals surface area contributed by atoms with Crippen LogP contribution in [-0.4, -0.2) is 64.6 Å². The van der Waals surface area contributed by atoms with Gasteiger partial charge in [0.25, 0.3) is 0 Å². The highest BCUT2D eigenvalue weighted by Crippen LogP contribution is 2.65. The molecule has 0 bridgehead atoms. The lowest BCUT2D eigenvalue weighted by Crippen LogP contribution is -2.75. The molecule has 0 aliphatic carbocycles. The molecule has 0 spiro atoms. The van der Waals surface area contributed by atoms with E-state index in [2.05, 4.69) is 0 Å². The fourth-order valence-electron chi connectivity index (χ4n) is 1.89. The van der Waals surface area contributed by atoms with Gasteiger partial charge in [0, 0.05) is 12.0 Å². The Balaban J connectivity index is 6.85. The van der Waals surface area contributed by atoms with Gasteiger partial charge in [-0.15, -0.1) is 0 Å². The van der Waals surface area contributed by atoms with Crippen LogP contribution >= 0.6 is 0 Å². The molecule has 0 aromatic heterocycles. The second kappa shape index (κ2) is 8.48. The Hall–Kier alpha value is -2.12. The van der Waals surface area contributed by atoms with E-state index in [1.165, 1.54) is 0 Å². The van der Waals surface area contributed by atoms with E-state index < -0.39 is 77.6 Å². The third kappa shape index (κ3) is 4.46. The highest BCUT2D eigenvalue weighted by molar-refractivity contribution is 5.85. The zero-order valence-electron chi connectivity index (χ0n) is 15.8. The van der Waals surface area contributed by atoms with Crippen LogP contribution in [0.4, 0.5) is 83.4 Å². The van der Waals surface area contributed by atoms with Crippen molar-refractivity contribution in [2.75, 3.05) is 0 Å². The van der Waals surface area contributed by atoms with Crippen LogP contribution in [-0.2, 0) is 4.79 Å². The molecule has 0 aliphatic heterocycles. The van der Waals surface area contributed by atoms with Crippen molar-refractivity contribution >= 4 is 5.97 Å². The molecule has 0 aromatic carbocycles. The van der Waals surface area contributed by atoms with E-state index in [1.54, 1.807) is 0 Å². The molecule has 0 saturated carbocycles. The first-order chi connectivity index (χ1) is 14.8. The number of carboxylic acids is 1. The lowest BCUT2D eigenvalue weighted by atomic mass is 9.87. The van der Waals surface area contributed by atoms with Crippen LogP contribution < -0.4 is 0 Å². The summed E-state index contributed by atoms with van der Waals surface area (Å²) < 4.78 is 248. The number of carbonyl (C=O) groups is 1. The molecule has 0 saturated heterocycles. The van der Waals surface area contributed by atoms with Gasteiger partial charge in [0.2, 0.25) is 0 Å². The van der Waals surface area contributed by atoms with E-state index in [0.29, 0.717) is 6.92 Å². The number of aliphatic carboxylic acids is 1. The number of hydrogen-bond donors (Lipinski definition) is 1. The van der Waals surface area contributed by atoms with E-state index in [1.807, 2.05) is 0 Å². The zero-order chi connectivity index (χ0) is 29.1. The van der Waals surface area contributed by atoms with Crippen molar-refractivity contribution in [1.29, 1.82) is 0 Å². The van der Waals surface area contributed by atoms with Crippen molar-refractivity contribution < 1.29 is 93.3 Å². The summed E-state index contributed by atoms with van der Waals surface area (Å²) in [4.78, 5) is 10.3. The Kier molecular flexibility index (Phi) is 7.96. The Morgan fingerprint density at radius 3 is 1.06 bits per heavy atom. The van der Waals surface area contributed by atoms with Gasteiger partial charge in [0.1, 0.15) is 0 Å². The number of allylic oxidation sites excluding steroid dienone is 1. The predicted molar refractivity (Wildman–Crippen MR) is 71.6 cm³/mol. The third-order valence-corrected chi connectivity index (χ3v) is 4.18. The van der Waals surface area contributed by atoms with Gasteiger partial charge in [-0.2, -0.15) is 83.4 Å². The van der Waals surface area contributed by atoms with E-state index in [0.717, 1.165) is 0 Å². The van der Waals surface area contributed by atoms with Gasteiger partial charge in [-0.3, -0.25) is 0 Å². The van der Waals surface area contributed by atoms with E-state index in [-0.39, 0.29) is 0 Å². The SMILES string of the molecule is CC(=CCC(F)(F)C(F)(F)C(F)(F)C(F)(F)C(F)(F)C(F)(F)C(F)(F)C(F)(F)C(F)(F)F)C(=O)O. The lowest BCUT2D eigenvalue weighted by Gasteiger charge is -2.43. The summed E-state index contributed by atoms with van der Waals surface area (Å²) in [5.41, 5.74) is -1.37. The smallest absolute Gasteiger partial charge is 0.460 e. The Morgan fingerprint density at radius 1 is 0.543 bits per heavy atom. The third-order valence-electron chi connectivity index (χ3n) is 4.18. The summed E-state index contributed by atoms with van der Waals surface area (Å²) >= 11 is 0. The molecule has 21 heteroatoms. The maximum Gasteiger partial charge on any atom is 0.460 e. The average molecular weight is 568 g/mol. The van der Waals surface area contributed by atoms with Gasteiger partial charge in [0.05, 0.1) is 0 Å². The number of rotatable bonds is 10. The number of carboxylic acid groups (broad SMARTS) is 1. The van der Waals surface area contributed by atoms with Crippen molar-refractivity contribution in [1.82, 2.24) is 0 Å². The minimum atomic E-state index is -8.98. The first-order valence-corrected chi connectivity index (χ1v) is 7.82. The first-order valence-electron chi connectivity index (χ1n) is 7.82. The first kappa shape index (κ1) is 32.9. The van der Waals surface area contributed by atoms with Crippen LogP contribution in [0.2, 0.25) is 0 Å². The molecule has 0 radical (unpaired) electrons. The normalized spacial score (nSPS) is 16.5. The van der Waals surface area contributed by atoms with E-state index in [4.69, 9.17) is 5.11 Å². The molecular formula is C14H7F19O2. The Bertz CT molecular complexity index is 835. The molecule has 1 N–H and O–H groups in total. The largest absolute Gasteiger partial charge is 0.478 e. The summed E-state index contributed by atoms with van der Waals surface area (Å²) in [6.07, 6.45) is -11.5. The van der Waals surface area contributed by atoms with Gasteiger partial charge in [-0.05, 0) is 6.92 Å². The van der Waals surface area contributed by atoms with Crippen molar-refractivity contribution in [3.05, 3.63) is 11.6 Å². The van der Waals surface area contributed by atoms with Crippen molar-refractivity contribution in [3.8, 4) is 0 Å². The molecule has 208 valence electrons. The predicted octanol–water partition coefficient (Wildman–Crippen LogP) is 7.05. The zero-order valence-corrected chi connectivity index (χ0v) is 15.8. The van der Waals surface area contributed by atoms with Crippen LogP contribution in [0.5, 0.6) is 0 Å². The molecule has 2 nitrogen and oxygen atoms in total. The van der Waals surface area contributed by atoms with Crippen LogP contribution in [0.25, 0.3) is 0 Å². The molecule has 0 amide bonds. The number of hydrogen-bond acceptors (Lipinski definition) is 1. The molecule has 35 heavy (non-hydrogen) atoms. The van der Waals surface area contributed by atoms with E-state index in [9.17, 15) is 88.2 Å². The molecule has 0 heterocycles. The van der Waals surface area contributed by atoms with Crippen LogP contribution in [0, 0.1) is 0 Å². The molecule has 0 rings (SSSR count). The Labute approximate surface area is 179 Å². The fourth-order valence-corrected chi connectivity index (χ4v) is 1.89. The van der Waals surface area contributed by atoms with Gasteiger partial charge in [-0.25, -0.2) is 4.79 Å². The summed E-state index contributed by atoms with van der Waals surface area (Å²) in [6, 6.07) is 0. The van der Waals surface area contributed by atoms with Gasteiger partial charge >= 0.3 is 59.5 Å². The van der Waals surface area contributed by atoms with Crippen molar-refractivity contribution in [2.24, 2.45) is 0 Å². The topological polar surface area (TPSA) is 37.3 Å². The molecule has 0 atom stereocenters. The van der Waals surface area contributed by atoms with Gasteiger partial charge < -0.3 is 5.11 Å². The molecule has 0 aromatic rings. The summed E-state index contributed by atoms with van der Waals surface area (Å²) in [6.45, 7) is 0.320. The van der Waals surface area contributed by atoms with Crippen LogP contribution in [0.15, 0.2) is 11.6 Å². The molecule has 0 aliphatic rings. The van der Waals surface area contributed by atoms with Gasteiger partial charge in [-0.1, -0.05) is 6.08 Å². The minimum absolute atomic E-state index is 0.320. The molecule has 0 fully saturated rings. The summed E-state index contributed by atoms with van der Waals surface area (Å²) in [5, 5.41) is 8.30. The summed E-state index contributed by atoms with van der Waals surface area (Å²) in [7, 11) is 0. The standard InChI is InChI=1S/C14H7F19O2/c1-4(5(34)35)2-3-6(15,16)7(17,18)8(19,20)9(21,22)10(23,24)11(25,26)12(27,28)13(29,30)14(31,32)33/h2H,3H2,1H3,(H,34,35). The highest BCUT2D eigenvalue weighted by atomic mass is 19.4. The second-order valence-electron chi connectivity index (χ2n) is 6.62. The number of halogens is 19. The Morgan fingerprint density at radius 2 is 0.800 bits per heavy atom. The van der Waals surface area contributed by atoms with Crippen LogP contribution in [0.3, 0.4) is 0 Å². The van der Waals surface area contributed by atoms with Gasteiger partial charge in [0.15, 0.2) is 0 Å². The number of alkyl halides is 19. The average Bonchev–Trinajstić information content (AvgIpc) is 2.63. The maximum absolute atomic E-state index is 13.5. The second-order valence-corrected chi connectivity index (χ2v) is 6.62. The maximum atomic E-state index is 13.5. The monoisotopic (exact) mass is 568 g/mol. The van der Waals surface area contributed by atoms with E-state index >= 15 is 0 Å². The fraction of sp³-hybridized carbons (Fsp3) is 0.786. The molecule has 0 unspecified atom stereocenters. The highest BCUT2D eigenvalue weighted by Gasteiger charge is 2.96.